The summed E-state index contributed by atoms with van der Waals surface area (Å²) in [5.74, 6) is -1.97. The average molecular weight is 466 g/mol. The van der Waals surface area contributed by atoms with Gasteiger partial charge in [0.15, 0.2) is 0 Å². The van der Waals surface area contributed by atoms with Crippen molar-refractivity contribution in [3.63, 3.8) is 0 Å². The molecule has 1 aliphatic heterocycles. The SMILES string of the molecule is O=C(c1ccccc1Cl)N(Cc1ccc(Cl)cc1Cl)N1C(=O)[C@H]2CCCC[C@H]2C1=O. The Kier molecular flexibility index (Phi) is 6.05. The molecule has 0 radical (unpaired) electrons. The molecule has 1 saturated carbocycles. The van der Waals surface area contributed by atoms with E-state index < -0.39 is 5.91 Å². The van der Waals surface area contributed by atoms with Gasteiger partial charge >= 0.3 is 0 Å². The van der Waals surface area contributed by atoms with E-state index in [0.29, 0.717) is 28.5 Å². The Morgan fingerprint density at radius 2 is 1.57 bits per heavy atom. The summed E-state index contributed by atoms with van der Waals surface area (Å²) in [7, 11) is 0. The lowest BCUT2D eigenvalue weighted by Crippen LogP contribution is -2.49. The van der Waals surface area contributed by atoms with E-state index in [1.807, 2.05) is 0 Å². The summed E-state index contributed by atoms with van der Waals surface area (Å²) in [6.07, 6.45) is 3.11. The Labute approximate surface area is 189 Å². The first kappa shape index (κ1) is 21.2. The minimum absolute atomic E-state index is 0.0586. The zero-order chi connectivity index (χ0) is 21.4. The van der Waals surface area contributed by atoms with Gasteiger partial charge in [0.25, 0.3) is 17.7 Å². The molecule has 0 spiro atoms. The Balaban J connectivity index is 1.75. The standard InChI is InChI=1S/C22H19Cl3N2O3/c23-14-10-9-13(19(25)11-14)12-26(20(28)17-7-3-4-8-18(17)24)27-21(29)15-5-1-2-6-16(15)22(27)30/h3-4,7-11,15-16H,1-2,5-6,12H2/t15-,16+. The second-order valence-electron chi connectivity index (χ2n) is 7.56. The largest absolute Gasteiger partial charge is 0.274 e. The first-order valence-corrected chi connectivity index (χ1v) is 10.9. The van der Waals surface area contributed by atoms with Gasteiger partial charge < -0.3 is 0 Å². The number of rotatable bonds is 4. The van der Waals surface area contributed by atoms with Crippen molar-refractivity contribution in [2.24, 2.45) is 11.8 Å². The molecule has 0 bridgehead atoms. The second-order valence-corrected chi connectivity index (χ2v) is 8.81. The molecular formula is C22H19Cl3N2O3. The van der Waals surface area contributed by atoms with Gasteiger partial charge in [-0.15, -0.1) is 0 Å². The van der Waals surface area contributed by atoms with Gasteiger partial charge in [0.1, 0.15) is 0 Å². The number of halogens is 3. The van der Waals surface area contributed by atoms with Crippen LogP contribution in [-0.4, -0.2) is 27.7 Å². The van der Waals surface area contributed by atoms with Gasteiger partial charge in [0.2, 0.25) is 0 Å². The van der Waals surface area contributed by atoms with Gasteiger partial charge in [-0.1, -0.05) is 65.8 Å². The molecule has 156 valence electrons. The van der Waals surface area contributed by atoms with Crippen LogP contribution in [0.1, 0.15) is 41.6 Å². The number of hydrogen-bond acceptors (Lipinski definition) is 3. The maximum Gasteiger partial charge on any atom is 0.274 e. The summed E-state index contributed by atoms with van der Waals surface area (Å²) < 4.78 is 0. The predicted molar refractivity (Wildman–Crippen MR) is 115 cm³/mol. The first-order valence-electron chi connectivity index (χ1n) is 9.76. The number of nitrogens with zero attached hydrogens (tertiary/aromatic N) is 2. The monoisotopic (exact) mass is 464 g/mol. The van der Waals surface area contributed by atoms with E-state index in [0.717, 1.165) is 17.9 Å². The van der Waals surface area contributed by atoms with E-state index in [-0.39, 0.29) is 40.8 Å². The van der Waals surface area contributed by atoms with Crippen LogP contribution in [0.25, 0.3) is 0 Å². The van der Waals surface area contributed by atoms with Gasteiger partial charge in [-0.2, -0.15) is 5.01 Å². The van der Waals surface area contributed by atoms with E-state index in [4.69, 9.17) is 34.8 Å². The highest BCUT2D eigenvalue weighted by atomic mass is 35.5. The highest BCUT2D eigenvalue weighted by molar-refractivity contribution is 6.35. The molecule has 0 aromatic heterocycles. The summed E-state index contributed by atoms with van der Waals surface area (Å²) in [6.45, 7) is -0.0586. The Morgan fingerprint density at radius 3 is 2.17 bits per heavy atom. The molecule has 2 aromatic carbocycles. The van der Waals surface area contributed by atoms with E-state index in [9.17, 15) is 14.4 Å². The highest BCUT2D eigenvalue weighted by Crippen LogP contribution is 2.39. The average Bonchev–Trinajstić information content (AvgIpc) is 2.98. The number of hydrazine groups is 1. The van der Waals surface area contributed by atoms with Crippen molar-refractivity contribution in [2.75, 3.05) is 0 Å². The number of hydrogen-bond donors (Lipinski definition) is 0. The third-order valence-corrected chi connectivity index (χ3v) is 6.65. The van der Waals surface area contributed by atoms with Crippen LogP contribution in [0.2, 0.25) is 15.1 Å². The van der Waals surface area contributed by atoms with Crippen LogP contribution in [0.15, 0.2) is 42.5 Å². The Morgan fingerprint density at radius 1 is 0.933 bits per heavy atom. The number of carbonyl (C=O) groups excluding carboxylic acids is 3. The molecule has 2 aromatic rings. The van der Waals surface area contributed by atoms with E-state index >= 15 is 0 Å². The maximum atomic E-state index is 13.5. The lowest BCUT2D eigenvalue weighted by Gasteiger charge is -2.31. The highest BCUT2D eigenvalue weighted by Gasteiger charge is 2.51. The smallest absolute Gasteiger partial charge is 0.272 e. The van der Waals surface area contributed by atoms with Crippen molar-refractivity contribution in [1.29, 1.82) is 0 Å². The fourth-order valence-corrected chi connectivity index (χ4v) is 4.89. The first-order chi connectivity index (χ1) is 14.4. The summed E-state index contributed by atoms with van der Waals surface area (Å²) in [5.41, 5.74) is 0.775. The van der Waals surface area contributed by atoms with Crippen LogP contribution < -0.4 is 0 Å². The quantitative estimate of drug-likeness (QED) is 0.570. The third kappa shape index (κ3) is 3.82. The summed E-state index contributed by atoms with van der Waals surface area (Å²) in [6, 6.07) is 11.4. The third-order valence-electron chi connectivity index (χ3n) is 5.73. The molecule has 4 rings (SSSR count). The molecule has 1 saturated heterocycles. The van der Waals surface area contributed by atoms with Crippen molar-refractivity contribution < 1.29 is 14.4 Å². The van der Waals surface area contributed by atoms with Crippen LogP contribution in [0.4, 0.5) is 0 Å². The molecule has 5 nitrogen and oxygen atoms in total. The Bertz CT molecular complexity index is 1000. The number of amides is 3. The molecule has 1 aliphatic carbocycles. The molecule has 0 unspecified atom stereocenters. The topological polar surface area (TPSA) is 57.7 Å². The van der Waals surface area contributed by atoms with Gasteiger partial charge in [-0.05, 0) is 42.7 Å². The molecular weight excluding hydrogens is 447 g/mol. The summed E-state index contributed by atoms with van der Waals surface area (Å²) in [4.78, 5) is 39.8. The van der Waals surface area contributed by atoms with Crippen LogP contribution in [0.3, 0.4) is 0 Å². The van der Waals surface area contributed by atoms with Crippen LogP contribution >= 0.6 is 34.8 Å². The zero-order valence-electron chi connectivity index (χ0n) is 16.0. The molecule has 2 atom stereocenters. The number of imide groups is 1. The Hall–Kier alpha value is -2.08. The van der Waals surface area contributed by atoms with E-state index in [2.05, 4.69) is 0 Å². The molecule has 0 N–H and O–H groups in total. The normalized spacial score (nSPS) is 21.0. The van der Waals surface area contributed by atoms with Crippen LogP contribution in [0.5, 0.6) is 0 Å². The van der Waals surface area contributed by atoms with Gasteiger partial charge in [0.05, 0.1) is 29.0 Å². The minimum Gasteiger partial charge on any atom is -0.272 e. The predicted octanol–water partition coefficient (Wildman–Crippen LogP) is 5.38. The summed E-state index contributed by atoms with van der Waals surface area (Å²) in [5, 5.41) is 3.21. The maximum absolute atomic E-state index is 13.5. The van der Waals surface area contributed by atoms with Crippen molar-refractivity contribution >= 4 is 52.5 Å². The van der Waals surface area contributed by atoms with Crippen molar-refractivity contribution in [3.8, 4) is 0 Å². The van der Waals surface area contributed by atoms with Crippen molar-refractivity contribution in [2.45, 2.75) is 32.2 Å². The molecule has 30 heavy (non-hydrogen) atoms. The second kappa shape index (κ2) is 8.58. The number of carbonyl (C=O) groups is 3. The molecule has 3 amide bonds. The van der Waals surface area contributed by atoms with E-state index in [1.54, 1.807) is 42.5 Å². The fraction of sp³-hybridized carbons (Fsp3) is 0.318. The lowest BCUT2D eigenvalue weighted by molar-refractivity contribution is -0.155. The van der Waals surface area contributed by atoms with Gasteiger partial charge in [-0.25, -0.2) is 5.01 Å². The molecule has 8 heteroatoms. The number of benzene rings is 2. The molecule has 2 fully saturated rings. The zero-order valence-corrected chi connectivity index (χ0v) is 18.3. The van der Waals surface area contributed by atoms with Crippen molar-refractivity contribution in [3.05, 3.63) is 68.7 Å². The lowest BCUT2D eigenvalue weighted by atomic mass is 9.81. The van der Waals surface area contributed by atoms with Gasteiger partial charge in [0, 0.05) is 10.0 Å². The number of fused-ring (bicyclic) bond motifs is 1. The molecule has 2 aliphatic rings. The van der Waals surface area contributed by atoms with Crippen LogP contribution in [-0.2, 0) is 16.1 Å². The van der Waals surface area contributed by atoms with Crippen molar-refractivity contribution in [1.82, 2.24) is 10.0 Å². The van der Waals surface area contributed by atoms with Crippen LogP contribution in [0, 0.1) is 11.8 Å². The molecule has 1 heterocycles. The fourth-order valence-electron chi connectivity index (χ4n) is 4.20. The van der Waals surface area contributed by atoms with E-state index in [1.165, 1.54) is 5.01 Å². The summed E-state index contributed by atoms with van der Waals surface area (Å²) >= 11 is 18.5. The van der Waals surface area contributed by atoms with Gasteiger partial charge in [-0.3, -0.25) is 14.4 Å². The minimum atomic E-state index is -0.535.